The van der Waals surface area contributed by atoms with Crippen LogP contribution in [0.4, 0.5) is 5.69 Å². The first-order valence-corrected chi connectivity index (χ1v) is 9.66. The van der Waals surface area contributed by atoms with Crippen molar-refractivity contribution in [1.82, 2.24) is 5.32 Å². The Kier molecular flexibility index (Phi) is 7.56. The van der Waals surface area contributed by atoms with E-state index in [2.05, 4.69) is 10.6 Å². The van der Waals surface area contributed by atoms with Crippen molar-refractivity contribution in [2.45, 2.75) is 6.54 Å². The minimum atomic E-state index is -0.440. The van der Waals surface area contributed by atoms with Crippen molar-refractivity contribution in [1.29, 1.82) is 5.26 Å². The zero-order valence-electron chi connectivity index (χ0n) is 16.7. The minimum Gasteiger partial charge on any atom is -0.484 e. The number of amides is 2. The molecule has 0 aromatic heterocycles. The predicted octanol–water partition coefficient (Wildman–Crippen LogP) is 3.93. The van der Waals surface area contributed by atoms with Gasteiger partial charge in [-0.2, -0.15) is 5.26 Å². The van der Waals surface area contributed by atoms with Crippen LogP contribution in [0.25, 0.3) is 6.08 Å². The summed E-state index contributed by atoms with van der Waals surface area (Å²) in [5, 5.41) is 14.8. The summed E-state index contributed by atoms with van der Waals surface area (Å²) in [5.41, 5.74) is 2.33. The van der Waals surface area contributed by atoms with Crippen LogP contribution in [0.1, 0.15) is 11.1 Å². The van der Waals surface area contributed by atoms with E-state index in [0.717, 1.165) is 5.56 Å². The first-order valence-electron chi connectivity index (χ1n) is 9.66. The second-order valence-electron chi connectivity index (χ2n) is 6.61. The van der Waals surface area contributed by atoms with Gasteiger partial charge in [-0.15, -0.1) is 0 Å². The van der Waals surface area contributed by atoms with E-state index in [1.807, 2.05) is 54.6 Å². The number of carbonyl (C=O) groups is 2. The molecule has 0 fully saturated rings. The van der Waals surface area contributed by atoms with E-state index < -0.39 is 5.91 Å². The Hall–Kier alpha value is -4.37. The quantitative estimate of drug-likeness (QED) is 0.434. The number of para-hydroxylation sites is 1. The fourth-order valence-corrected chi connectivity index (χ4v) is 2.72. The second kappa shape index (κ2) is 11.0. The number of hydrogen-bond donors (Lipinski definition) is 2. The summed E-state index contributed by atoms with van der Waals surface area (Å²) in [6.45, 7) is 0.214. The molecule has 0 spiro atoms. The fourth-order valence-electron chi connectivity index (χ4n) is 2.72. The fraction of sp³-hybridized carbons (Fsp3) is 0.0800. The molecule has 3 rings (SSSR count). The lowest BCUT2D eigenvalue weighted by atomic mass is 10.1. The van der Waals surface area contributed by atoms with Crippen LogP contribution in [0.5, 0.6) is 5.75 Å². The average Bonchev–Trinajstić information content (AvgIpc) is 2.81. The van der Waals surface area contributed by atoms with E-state index in [4.69, 9.17) is 4.74 Å². The number of benzene rings is 3. The van der Waals surface area contributed by atoms with Gasteiger partial charge in [0.2, 0.25) is 0 Å². The van der Waals surface area contributed by atoms with Crippen LogP contribution in [-0.2, 0) is 16.1 Å². The number of anilines is 1. The summed E-state index contributed by atoms with van der Waals surface area (Å²) in [6, 6.07) is 27.3. The summed E-state index contributed by atoms with van der Waals surface area (Å²) >= 11 is 0. The molecule has 0 aliphatic rings. The van der Waals surface area contributed by atoms with E-state index in [1.54, 1.807) is 36.4 Å². The number of nitrogens with one attached hydrogen (secondary N) is 2. The van der Waals surface area contributed by atoms with Crippen LogP contribution < -0.4 is 15.4 Å². The normalized spacial score (nSPS) is 10.6. The Balaban J connectivity index is 1.53. The zero-order chi connectivity index (χ0) is 21.9. The molecule has 154 valence electrons. The molecule has 3 aromatic rings. The van der Waals surface area contributed by atoms with E-state index in [9.17, 15) is 14.9 Å². The first kappa shape index (κ1) is 21.3. The lowest BCUT2D eigenvalue weighted by Crippen LogP contribution is -2.23. The van der Waals surface area contributed by atoms with Crippen molar-refractivity contribution in [2.75, 3.05) is 11.9 Å². The summed E-state index contributed by atoms with van der Waals surface area (Å²) in [6.07, 6.45) is 1.51. The summed E-state index contributed by atoms with van der Waals surface area (Å²) < 4.78 is 5.48. The third-order valence-electron chi connectivity index (χ3n) is 4.28. The molecule has 31 heavy (non-hydrogen) atoms. The van der Waals surface area contributed by atoms with Crippen molar-refractivity contribution >= 4 is 23.6 Å². The Morgan fingerprint density at radius 1 is 0.903 bits per heavy atom. The van der Waals surface area contributed by atoms with Gasteiger partial charge in [0.25, 0.3) is 11.8 Å². The zero-order valence-corrected chi connectivity index (χ0v) is 16.7. The first-order chi connectivity index (χ1) is 15.1. The molecule has 0 unspecified atom stereocenters. The van der Waals surface area contributed by atoms with Gasteiger partial charge >= 0.3 is 0 Å². The summed E-state index contributed by atoms with van der Waals surface area (Å²) in [5.74, 6) is -0.200. The van der Waals surface area contributed by atoms with E-state index in [1.165, 1.54) is 6.08 Å². The van der Waals surface area contributed by atoms with E-state index >= 15 is 0 Å². The van der Waals surface area contributed by atoms with Crippen LogP contribution in [0.15, 0.2) is 90.5 Å². The highest BCUT2D eigenvalue weighted by Gasteiger charge is 2.09. The van der Waals surface area contributed by atoms with Crippen molar-refractivity contribution in [3.8, 4) is 11.8 Å². The Morgan fingerprint density at radius 2 is 1.55 bits per heavy atom. The molecule has 6 heteroatoms. The maximum atomic E-state index is 12.3. The number of ether oxygens (including phenoxy) is 1. The maximum absolute atomic E-state index is 12.3. The number of nitrogens with zero attached hydrogens (tertiary/aromatic N) is 1. The van der Waals surface area contributed by atoms with Gasteiger partial charge in [-0.3, -0.25) is 9.59 Å². The number of hydrogen-bond acceptors (Lipinski definition) is 4. The molecular formula is C25H21N3O3. The smallest absolute Gasteiger partial charge is 0.262 e. The Morgan fingerprint density at radius 3 is 2.19 bits per heavy atom. The molecule has 0 saturated carbocycles. The van der Waals surface area contributed by atoms with E-state index in [-0.39, 0.29) is 18.1 Å². The number of rotatable bonds is 8. The van der Waals surface area contributed by atoms with Crippen molar-refractivity contribution in [3.63, 3.8) is 0 Å². The average molecular weight is 411 g/mol. The highest BCUT2D eigenvalue weighted by Crippen LogP contribution is 2.15. The summed E-state index contributed by atoms with van der Waals surface area (Å²) in [4.78, 5) is 24.2. The standard InChI is InChI=1S/C25H21N3O3/c26-16-21(25(30)27-17-20-7-3-1-4-8-20)15-19-11-13-23(14-12-19)31-18-24(29)28-22-9-5-2-6-10-22/h1-15H,17-18H2,(H,27,30)(H,28,29)/b21-15+. The molecule has 3 aromatic carbocycles. The number of carbonyl (C=O) groups excluding carboxylic acids is 2. The topological polar surface area (TPSA) is 91.2 Å². The van der Waals surface area contributed by atoms with Gasteiger partial charge in [-0.1, -0.05) is 60.7 Å². The molecule has 0 atom stereocenters. The van der Waals surface area contributed by atoms with Crippen LogP contribution in [0.2, 0.25) is 0 Å². The van der Waals surface area contributed by atoms with Gasteiger partial charge in [0, 0.05) is 12.2 Å². The van der Waals surface area contributed by atoms with E-state index in [0.29, 0.717) is 23.5 Å². The third-order valence-corrected chi connectivity index (χ3v) is 4.28. The molecular weight excluding hydrogens is 390 g/mol. The second-order valence-corrected chi connectivity index (χ2v) is 6.61. The molecule has 6 nitrogen and oxygen atoms in total. The minimum absolute atomic E-state index is 0.00633. The SMILES string of the molecule is N#C/C(=C\c1ccc(OCC(=O)Nc2ccccc2)cc1)C(=O)NCc1ccccc1. The van der Waals surface area contributed by atoms with Gasteiger partial charge in [0.15, 0.2) is 6.61 Å². The molecule has 0 heterocycles. The largest absolute Gasteiger partial charge is 0.484 e. The van der Waals surface area contributed by atoms with Gasteiger partial charge in [0.1, 0.15) is 17.4 Å². The molecule has 2 N–H and O–H groups in total. The Bertz CT molecular complexity index is 1090. The van der Waals surface area contributed by atoms with Gasteiger partial charge in [-0.25, -0.2) is 0 Å². The van der Waals surface area contributed by atoms with Crippen LogP contribution in [0.3, 0.4) is 0 Å². The van der Waals surface area contributed by atoms with Crippen molar-refractivity contribution in [2.24, 2.45) is 0 Å². The van der Waals surface area contributed by atoms with Crippen LogP contribution in [0, 0.1) is 11.3 Å². The van der Waals surface area contributed by atoms with Crippen LogP contribution >= 0.6 is 0 Å². The summed E-state index contributed by atoms with van der Waals surface area (Å²) in [7, 11) is 0. The lowest BCUT2D eigenvalue weighted by Gasteiger charge is -2.08. The van der Waals surface area contributed by atoms with Crippen molar-refractivity contribution < 1.29 is 14.3 Å². The van der Waals surface area contributed by atoms with Gasteiger partial charge in [-0.05, 0) is 41.5 Å². The molecule has 0 bridgehead atoms. The van der Waals surface area contributed by atoms with Crippen molar-refractivity contribution in [3.05, 3.63) is 102 Å². The third kappa shape index (κ3) is 6.87. The predicted molar refractivity (Wildman–Crippen MR) is 119 cm³/mol. The molecule has 0 saturated heterocycles. The highest BCUT2D eigenvalue weighted by molar-refractivity contribution is 6.01. The molecule has 0 aliphatic carbocycles. The number of nitriles is 1. The highest BCUT2D eigenvalue weighted by atomic mass is 16.5. The van der Waals surface area contributed by atoms with Gasteiger partial charge < -0.3 is 15.4 Å². The molecule has 0 aliphatic heterocycles. The van der Waals surface area contributed by atoms with Crippen LogP contribution in [-0.4, -0.2) is 18.4 Å². The maximum Gasteiger partial charge on any atom is 0.262 e. The Labute approximate surface area is 180 Å². The van der Waals surface area contributed by atoms with Gasteiger partial charge in [0.05, 0.1) is 0 Å². The molecule has 0 radical (unpaired) electrons. The monoisotopic (exact) mass is 411 g/mol. The molecule has 2 amide bonds. The lowest BCUT2D eigenvalue weighted by molar-refractivity contribution is -0.118.